The lowest BCUT2D eigenvalue weighted by Gasteiger charge is -2.10. The van der Waals surface area contributed by atoms with Crippen LogP contribution in [0, 0.1) is 19.3 Å². The molecule has 0 unspecified atom stereocenters. The number of benzene rings is 2. The van der Waals surface area contributed by atoms with Crippen LogP contribution in [-0.2, 0) is 13.0 Å². The van der Waals surface area contributed by atoms with Crippen molar-refractivity contribution in [2.45, 2.75) is 19.9 Å². The quantitative estimate of drug-likeness (QED) is 0.591. The maximum Gasteiger partial charge on any atom is 0.263 e. The Morgan fingerprint density at radius 2 is 1.90 bits per heavy atom. The summed E-state index contributed by atoms with van der Waals surface area (Å²) < 4.78 is 6.90. The highest BCUT2D eigenvalue weighted by molar-refractivity contribution is 5.93. The summed E-state index contributed by atoms with van der Waals surface area (Å²) in [7, 11) is 0. The molecule has 3 aromatic rings. The summed E-state index contributed by atoms with van der Waals surface area (Å²) in [5.41, 5.74) is 3.04. The summed E-state index contributed by atoms with van der Waals surface area (Å²) in [4.78, 5) is 25.3. The Morgan fingerprint density at radius 1 is 1.10 bits per heavy atom. The number of hydrogen-bond acceptors (Lipinski definition) is 3. The first-order chi connectivity index (χ1) is 14.6. The Balaban J connectivity index is 1.59. The first-order valence-corrected chi connectivity index (χ1v) is 9.75. The lowest BCUT2D eigenvalue weighted by Crippen LogP contribution is -2.33. The molecule has 3 rings (SSSR count). The Morgan fingerprint density at radius 3 is 2.63 bits per heavy atom. The monoisotopic (exact) mass is 400 g/mol. The van der Waals surface area contributed by atoms with E-state index < -0.39 is 0 Å². The number of pyridine rings is 1. The third-order valence-electron chi connectivity index (χ3n) is 4.64. The molecular formula is C25H24N2O3. The van der Waals surface area contributed by atoms with Crippen LogP contribution in [-0.4, -0.2) is 23.6 Å². The van der Waals surface area contributed by atoms with E-state index in [1.54, 1.807) is 22.9 Å². The normalized spacial score (nSPS) is 10.3. The van der Waals surface area contributed by atoms with Gasteiger partial charge < -0.3 is 14.6 Å². The van der Waals surface area contributed by atoms with Crippen molar-refractivity contribution in [3.63, 3.8) is 0 Å². The van der Waals surface area contributed by atoms with Gasteiger partial charge >= 0.3 is 0 Å². The number of hydrogen-bond donors (Lipinski definition) is 1. The zero-order chi connectivity index (χ0) is 21.3. The van der Waals surface area contributed by atoms with Gasteiger partial charge in [0.25, 0.3) is 11.5 Å². The van der Waals surface area contributed by atoms with E-state index in [-0.39, 0.29) is 23.6 Å². The molecule has 5 heteroatoms. The lowest BCUT2D eigenvalue weighted by molar-refractivity contribution is 0.0952. The van der Waals surface area contributed by atoms with Crippen molar-refractivity contribution >= 4 is 5.91 Å². The third-order valence-corrected chi connectivity index (χ3v) is 4.64. The molecule has 0 atom stereocenters. The summed E-state index contributed by atoms with van der Waals surface area (Å²) in [6, 6.07) is 18.8. The van der Waals surface area contributed by atoms with Crippen molar-refractivity contribution in [1.82, 2.24) is 9.88 Å². The highest BCUT2D eigenvalue weighted by Gasteiger charge is 2.12. The summed E-state index contributed by atoms with van der Waals surface area (Å²) in [6.45, 7) is 3.09. The molecule has 0 saturated heterocycles. The van der Waals surface area contributed by atoms with Crippen LogP contribution in [0.2, 0.25) is 0 Å². The predicted molar refractivity (Wildman–Crippen MR) is 118 cm³/mol. The van der Waals surface area contributed by atoms with Gasteiger partial charge in [-0.25, -0.2) is 0 Å². The van der Waals surface area contributed by atoms with Crippen molar-refractivity contribution in [2.75, 3.05) is 13.2 Å². The van der Waals surface area contributed by atoms with Crippen LogP contribution in [0.1, 0.15) is 27.0 Å². The summed E-state index contributed by atoms with van der Waals surface area (Å²) in [6.07, 6.45) is 7.52. The molecule has 0 aliphatic rings. The second kappa shape index (κ2) is 10.1. The van der Waals surface area contributed by atoms with Gasteiger partial charge in [0.1, 0.15) is 17.9 Å². The number of carbonyl (C=O) groups excluding carboxylic acids is 1. The van der Waals surface area contributed by atoms with E-state index in [9.17, 15) is 9.59 Å². The van der Waals surface area contributed by atoms with Gasteiger partial charge in [-0.2, -0.15) is 0 Å². The largest absolute Gasteiger partial charge is 0.481 e. The Labute approximate surface area is 176 Å². The maximum absolute atomic E-state index is 12.7. The molecule has 0 fully saturated rings. The van der Waals surface area contributed by atoms with E-state index in [0.717, 1.165) is 16.7 Å². The maximum atomic E-state index is 12.7. The number of carbonyl (C=O) groups is 1. The third kappa shape index (κ3) is 5.62. The number of amides is 1. The van der Waals surface area contributed by atoms with Gasteiger partial charge in [-0.05, 0) is 48.7 Å². The molecular weight excluding hydrogens is 376 g/mol. The van der Waals surface area contributed by atoms with Gasteiger partial charge in [0.15, 0.2) is 0 Å². The van der Waals surface area contributed by atoms with Crippen molar-refractivity contribution < 1.29 is 9.53 Å². The fourth-order valence-electron chi connectivity index (χ4n) is 3.13. The number of terminal acetylenes is 1. The standard InChI is InChI=1S/C25H24N2O3/c1-3-16-30-22-11-9-20(10-12-22)13-14-26-24(28)23-8-5-15-27(25(23)29)18-21-7-4-6-19(2)17-21/h1,4-12,15,17H,13-14,16,18H2,2H3,(H,26,28). The minimum atomic E-state index is -0.368. The molecule has 0 aliphatic carbocycles. The summed E-state index contributed by atoms with van der Waals surface area (Å²) in [5, 5.41) is 2.83. The van der Waals surface area contributed by atoms with Crippen LogP contribution < -0.4 is 15.6 Å². The predicted octanol–water partition coefficient (Wildman–Crippen LogP) is 3.19. The van der Waals surface area contributed by atoms with Gasteiger partial charge in [-0.1, -0.05) is 47.9 Å². The molecule has 1 N–H and O–H groups in total. The molecule has 1 heterocycles. The zero-order valence-corrected chi connectivity index (χ0v) is 16.9. The number of ether oxygens (including phenoxy) is 1. The lowest BCUT2D eigenvalue weighted by atomic mass is 10.1. The highest BCUT2D eigenvalue weighted by Crippen LogP contribution is 2.12. The second-order valence-electron chi connectivity index (χ2n) is 6.99. The number of aromatic nitrogens is 1. The summed E-state index contributed by atoms with van der Waals surface area (Å²) in [5.74, 6) is 2.76. The molecule has 1 amide bonds. The smallest absolute Gasteiger partial charge is 0.263 e. The average Bonchev–Trinajstić information content (AvgIpc) is 2.74. The number of aryl methyl sites for hydroxylation is 1. The number of rotatable bonds is 8. The fraction of sp³-hybridized carbons (Fsp3) is 0.200. The topological polar surface area (TPSA) is 60.3 Å². The van der Waals surface area contributed by atoms with Crippen LogP contribution >= 0.6 is 0 Å². The van der Waals surface area contributed by atoms with Crippen LogP contribution in [0.25, 0.3) is 0 Å². The number of nitrogens with one attached hydrogen (secondary N) is 1. The van der Waals surface area contributed by atoms with E-state index >= 15 is 0 Å². The highest BCUT2D eigenvalue weighted by atomic mass is 16.5. The molecule has 0 spiro atoms. The van der Waals surface area contributed by atoms with E-state index in [2.05, 4.69) is 11.2 Å². The molecule has 0 bridgehead atoms. The first kappa shape index (κ1) is 20.9. The molecule has 0 aliphatic heterocycles. The van der Waals surface area contributed by atoms with E-state index in [4.69, 9.17) is 11.2 Å². The SMILES string of the molecule is C#CCOc1ccc(CCNC(=O)c2cccn(Cc3cccc(C)c3)c2=O)cc1. The summed E-state index contributed by atoms with van der Waals surface area (Å²) >= 11 is 0. The molecule has 0 saturated carbocycles. The van der Waals surface area contributed by atoms with Crippen molar-refractivity contribution in [2.24, 2.45) is 0 Å². The van der Waals surface area contributed by atoms with Gasteiger partial charge in [0, 0.05) is 12.7 Å². The number of nitrogens with zero attached hydrogens (tertiary/aromatic N) is 1. The van der Waals surface area contributed by atoms with E-state index in [1.807, 2.05) is 55.5 Å². The van der Waals surface area contributed by atoms with Gasteiger partial charge in [-0.15, -0.1) is 6.42 Å². The first-order valence-electron chi connectivity index (χ1n) is 9.75. The van der Waals surface area contributed by atoms with Crippen molar-refractivity contribution in [3.8, 4) is 18.1 Å². The van der Waals surface area contributed by atoms with Crippen LogP contribution in [0.4, 0.5) is 0 Å². The molecule has 0 radical (unpaired) electrons. The van der Waals surface area contributed by atoms with Crippen molar-refractivity contribution in [3.05, 3.63) is 99.5 Å². The van der Waals surface area contributed by atoms with E-state index in [1.165, 1.54) is 0 Å². The van der Waals surface area contributed by atoms with Crippen LogP contribution in [0.15, 0.2) is 71.7 Å². The molecule has 30 heavy (non-hydrogen) atoms. The van der Waals surface area contributed by atoms with Crippen LogP contribution in [0.5, 0.6) is 5.75 Å². The average molecular weight is 400 g/mol. The minimum Gasteiger partial charge on any atom is -0.481 e. The Kier molecular flexibility index (Phi) is 7.07. The fourth-order valence-corrected chi connectivity index (χ4v) is 3.13. The second-order valence-corrected chi connectivity index (χ2v) is 6.99. The molecule has 2 aromatic carbocycles. The molecule has 1 aromatic heterocycles. The van der Waals surface area contributed by atoms with Gasteiger partial charge in [-0.3, -0.25) is 9.59 Å². The zero-order valence-electron chi connectivity index (χ0n) is 16.9. The van der Waals surface area contributed by atoms with Gasteiger partial charge in [0.05, 0.1) is 6.54 Å². The Hall–Kier alpha value is -3.78. The molecule has 152 valence electrons. The Bertz CT molecular complexity index is 1110. The van der Waals surface area contributed by atoms with E-state index in [0.29, 0.717) is 25.3 Å². The minimum absolute atomic E-state index is 0.142. The van der Waals surface area contributed by atoms with Crippen LogP contribution in [0.3, 0.4) is 0 Å². The van der Waals surface area contributed by atoms with Crippen molar-refractivity contribution in [1.29, 1.82) is 0 Å². The van der Waals surface area contributed by atoms with Gasteiger partial charge in [0.2, 0.25) is 0 Å². The molecule has 5 nitrogen and oxygen atoms in total.